The Bertz CT molecular complexity index is 424. The van der Waals surface area contributed by atoms with Crippen LogP contribution >= 0.6 is 0 Å². The molecule has 0 aliphatic rings. The molecule has 0 aromatic heterocycles. The molecule has 1 aromatic carbocycles. The zero-order valence-electron chi connectivity index (χ0n) is 10.5. The van der Waals surface area contributed by atoms with Crippen LogP contribution in [0.1, 0.15) is 23.7 Å². The van der Waals surface area contributed by atoms with E-state index in [2.05, 4.69) is 17.2 Å². The molecule has 96 valence electrons. The molecule has 1 aromatic rings. The topological polar surface area (TPSA) is 58.2 Å². The number of ketones is 1. The standard InChI is InChI=1S/C14H18N2O2/c1-3-9-16-14(18)8-10-15-13-6-4-12(5-7-13)11(2)17/h3-7,15H,1,8-10H2,2H3,(H,16,18). The van der Waals surface area contributed by atoms with Crippen LogP contribution in [-0.4, -0.2) is 24.8 Å². The van der Waals surface area contributed by atoms with Gasteiger partial charge in [0.15, 0.2) is 5.78 Å². The Hall–Kier alpha value is -2.10. The lowest BCUT2D eigenvalue weighted by Crippen LogP contribution is -2.25. The lowest BCUT2D eigenvalue weighted by Gasteiger charge is -2.06. The van der Waals surface area contributed by atoms with Gasteiger partial charge in [-0.05, 0) is 31.2 Å². The van der Waals surface area contributed by atoms with E-state index in [1.54, 1.807) is 18.2 Å². The van der Waals surface area contributed by atoms with Crippen molar-refractivity contribution in [2.24, 2.45) is 0 Å². The summed E-state index contributed by atoms with van der Waals surface area (Å²) >= 11 is 0. The summed E-state index contributed by atoms with van der Waals surface area (Å²) in [6.07, 6.45) is 2.05. The predicted octanol–water partition coefficient (Wildman–Crippen LogP) is 1.99. The van der Waals surface area contributed by atoms with Crippen molar-refractivity contribution in [2.75, 3.05) is 18.4 Å². The fraction of sp³-hybridized carbons (Fsp3) is 0.286. The average Bonchev–Trinajstić information content (AvgIpc) is 2.37. The van der Waals surface area contributed by atoms with Gasteiger partial charge in [0.05, 0.1) is 0 Å². The van der Waals surface area contributed by atoms with Gasteiger partial charge < -0.3 is 10.6 Å². The molecule has 0 spiro atoms. The van der Waals surface area contributed by atoms with Gasteiger partial charge in [-0.1, -0.05) is 6.08 Å². The first kappa shape index (κ1) is 14.0. The molecule has 0 bridgehead atoms. The van der Waals surface area contributed by atoms with Crippen LogP contribution < -0.4 is 10.6 Å². The number of rotatable bonds is 7. The van der Waals surface area contributed by atoms with Crippen molar-refractivity contribution in [2.45, 2.75) is 13.3 Å². The minimum absolute atomic E-state index is 0.0113. The van der Waals surface area contributed by atoms with E-state index in [1.807, 2.05) is 12.1 Å². The van der Waals surface area contributed by atoms with Gasteiger partial charge in [-0.3, -0.25) is 9.59 Å². The fourth-order valence-electron chi connectivity index (χ4n) is 1.42. The molecule has 0 unspecified atom stereocenters. The van der Waals surface area contributed by atoms with E-state index in [1.165, 1.54) is 6.92 Å². The van der Waals surface area contributed by atoms with Gasteiger partial charge >= 0.3 is 0 Å². The Morgan fingerprint density at radius 2 is 1.94 bits per heavy atom. The molecule has 4 heteroatoms. The monoisotopic (exact) mass is 246 g/mol. The first-order valence-corrected chi connectivity index (χ1v) is 5.86. The molecule has 0 saturated heterocycles. The van der Waals surface area contributed by atoms with E-state index in [4.69, 9.17) is 0 Å². The number of carbonyl (C=O) groups excluding carboxylic acids is 2. The highest BCUT2D eigenvalue weighted by Gasteiger charge is 2.00. The van der Waals surface area contributed by atoms with Gasteiger partial charge in [0.25, 0.3) is 0 Å². The number of carbonyl (C=O) groups is 2. The number of anilines is 1. The van der Waals surface area contributed by atoms with Gasteiger partial charge in [-0.2, -0.15) is 0 Å². The van der Waals surface area contributed by atoms with Gasteiger partial charge in [0.2, 0.25) is 5.91 Å². The molecular weight excluding hydrogens is 228 g/mol. The summed E-state index contributed by atoms with van der Waals surface area (Å²) in [4.78, 5) is 22.4. The Balaban J connectivity index is 2.33. The number of nitrogens with one attached hydrogen (secondary N) is 2. The molecule has 0 radical (unpaired) electrons. The summed E-state index contributed by atoms with van der Waals surface area (Å²) in [5.74, 6) is 0.0353. The molecule has 18 heavy (non-hydrogen) atoms. The number of hydrogen-bond donors (Lipinski definition) is 2. The summed E-state index contributed by atoms with van der Waals surface area (Å²) in [7, 11) is 0. The SMILES string of the molecule is C=CCNC(=O)CCNc1ccc(C(C)=O)cc1. The molecule has 1 rings (SSSR count). The second kappa shape index (κ2) is 7.27. The average molecular weight is 246 g/mol. The van der Waals surface area contributed by atoms with Crippen molar-refractivity contribution < 1.29 is 9.59 Å². The smallest absolute Gasteiger partial charge is 0.222 e. The number of benzene rings is 1. The predicted molar refractivity (Wildman–Crippen MR) is 72.8 cm³/mol. The van der Waals surface area contributed by atoms with Crippen LogP contribution in [0.25, 0.3) is 0 Å². The third-order valence-electron chi connectivity index (χ3n) is 2.42. The Kier molecular flexibility index (Phi) is 5.64. The van der Waals surface area contributed by atoms with Gasteiger partial charge in [-0.15, -0.1) is 6.58 Å². The summed E-state index contributed by atoms with van der Waals surface area (Å²) in [5.41, 5.74) is 1.58. The van der Waals surface area contributed by atoms with Crippen LogP contribution in [0.3, 0.4) is 0 Å². The number of Topliss-reactive ketones (excluding diaryl/α,β-unsaturated/α-hetero) is 1. The highest BCUT2D eigenvalue weighted by Crippen LogP contribution is 2.09. The summed E-state index contributed by atoms with van der Waals surface area (Å²) in [6.45, 7) is 6.11. The minimum Gasteiger partial charge on any atom is -0.385 e. The molecule has 0 fully saturated rings. The van der Waals surface area contributed by atoms with Crippen LogP contribution in [0.15, 0.2) is 36.9 Å². The maximum atomic E-state index is 11.3. The van der Waals surface area contributed by atoms with E-state index in [0.717, 1.165) is 5.69 Å². The molecule has 4 nitrogen and oxygen atoms in total. The quantitative estimate of drug-likeness (QED) is 0.571. The van der Waals surface area contributed by atoms with E-state index >= 15 is 0 Å². The van der Waals surface area contributed by atoms with Crippen molar-refractivity contribution in [1.82, 2.24) is 5.32 Å². The van der Waals surface area contributed by atoms with Crippen molar-refractivity contribution in [3.05, 3.63) is 42.5 Å². The molecule has 0 aliphatic carbocycles. The van der Waals surface area contributed by atoms with Crippen LogP contribution in [0.2, 0.25) is 0 Å². The van der Waals surface area contributed by atoms with Crippen LogP contribution in [0.5, 0.6) is 0 Å². The molecule has 2 N–H and O–H groups in total. The molecule has 0 aliphatic heterocycles. The molecular formula is C14H18N2O2. The molecule has 1 amide bonds. The Morgan fingerprint density at radius 3 is 2.50 bits per heavy atom. The third kappa shape index (κ3) is 4.82. The van der Waals surface area contributed by atoms with Crippen molar-refractivity contribution in [1.29, 1.82) is 0 Å². The Morgan fingerprint density at radius 1 is 1.28 bits per heavy atom. The van der Waals surface area contributed by atoms with E-state index in [0.29, 0.717) is 25.1 Å². The van der Waals surface area contributed by atoms with Crippen LogP contribution in [-0.2, 0) is 4.79 Å². The van der Waals surface area contributed by atoms with Crippen molar-refractivity contribution >= 4 is 17.4 Å². The molecule has 0 atom stereocenters. The third-order valence-corrected chi connectivity index (χ3v) is 2.42. The molecule has 0 saturated carbocycles. The first-order valence-electron chi connectivity index (χ1n) is 5.86. The lowest BCUT2D eigenvalue weighted by atomic mass is 10.1. The summed E-state index contributed by atoms with van der Waals surface area (Å²) < 4.78 is 0. The molecule has 0 heterocycles. The van der Waals surface area contributed by atoms with Crippen LogP contribution in [0.4, 0.5) is 5.69 Å². The van der Waals surface area contributed by atoms with E-state index in [9.17, 15) is 9.59 Å². The van der Waals surface area contributed by atoms with Gasteiger partial charge in [0.1, 0.15) is 0 Å². The van der Waals surface area contributed by atoms with Gasteiger partial charge in [0, 0.05) is 30.8 Å². The maximum absolute atomic E-state index is 11.3. The highest BCUT2D eigenvalue weighted by atomic mass is 16.1. The van der Waals surface area contributed by atoms with E-state index in [-0.39, 0.29) is 11.7 Å². The summed E-state index contributed by atoms with van der Waals surface area (Å²) in [6, 6.07) is 7.20. The van der Waals surface area contributed by atoms with Crippen LogP contribution in [0, 0.1) is 0 Å². The fourth-order valence-corrected chi connectivity index (χ4v) is 1.42. The van der Waals surface area contributed by atoms with Crippen molar-refractivity contribution in [3.63, 3.8) is 0 Å². The number of amides is 1. The largest absolute Gasteiger partial charge is 0.385 e. The van der Waals surface area contributed by atoms with Gasteiger partial charge in [-0.25, -0.2) is 0 Å². The minimum atomic E-state index is -0.0113. The second-order valence-electron chi connectivity index (χ2n) is 3.90. The first-order chi connectivity index (χ1) is 8.63. The number of hydrogen-bond acceptors (Lipinski definition) is 3. The zero-order chi connectivity index (χ0) is 13.4. The second-order valence-corrected chi connectivity index (χ2v) is 3.90. The Labute approximate surface area is 107 Å². The van der Waals surface area contributed by atoms with Crippen molar-refractivity contribution in [3.8, 4) is 0 Å². The zero-order valence-corrected chi connectivity index (χ0v) is 10.5. The highest BCUT2D eigenvalue weighted by molar-refractivity contribution is 5.94. The maximum Gasteiger partial charge on any atom is 0.222 e. The normalized spacial score (nSPS) is 9.61. The van der Waals surface area contributed by atoms with E-state index < -0.39 is 0 Å². The lowest BCUT2D eigenvalue weighted by molar-refractivity contribution is -0.120. The summed E-state index contributed by atoms with van der Waals surface area (Å²) in [5, 5.41) is 5.82.